The number of thioether (sulfide) groups is 1. The van der Waals surface area contributed by atoms with Crippen molar-refractivity contribution in [3.63, 3.8) is 0 Å². The highest BCUT2D eigenvalue weighted by atomic mass is 32.2. The highest BCUT2D eigenvalue weighted by Crippen LogP contribution is 2.27. The minimum absolute atomic E-state index is 0.0745. The quantitative estimate of drug-likeness (QED) is 0.208. The van der Waals surface area contributed by atoms with Gasteiger partial charge in [-0.1, -0.05) is 43.0 Å². The van der Waals surface area contributed by atoms with Crippen molar-refractivity contribution in [2.45, 2.75) is 50.9 Å². The predicted molar refractivity (Wildman–Crippen MR) is 138 cm³/mol. The zero-order chi connectivity index (χ0) is 27.4. The Balaban J connectivity index is 1.64. The van der Waals surface area contributed by atoms with Gasteiger partial charge in [0.05, 0.1) is 11.4 Å². The molecule has 1 amide bonds. The summed E-state index contributed by atoms with van der Waals surface area (Å²) in [6.45, 7) is 7.88. The zero-order valence-electron chi connectivity index (χ0n) is 21.1. The average Bonchev–Trinajstić information content (AvgIpc) is 3.26. The van der Waals surface area contributed by atoms with E-state index >= 15 is 0 Å². The first-order valence-electron chi connectivity index (χ1n) is 11.7. The van der Waals surface area contributed by atoms with Crippen LogP contribution >= 0.6 is 11.8 Å². The molecule has 0 fully saturated rings. The molecule has 0 bridgehead atoms. The fourth-order valence-corrected chi connectivity index (χ4v) is 4.58. The minimum Gasteiger partial charge on any atom is -0.406 e. The Morgan fingerprint density at radius 1 is 1.03 bits per heavy atom. The van der Waals surface area contributed by atoms with Crippen molar-refractivity contribution in [1.82, 2.24) is 25.0 Å². The summed E-state index contributed by atoms with van der Waals surface area (Å²) in [5.74, 6) is -0.263. The summed E-state index contributed by atoms with van der Waals surface area (Å²) >= 11 is 1.29. The fourth-order valence-electron chi connectivity index (χ4n) is 3.64. The van der Waals surface area contributed by atoms with Crippen molar-refractivity contribution < 1.29 is 22.7 Å². The zero-order valence-corrected chi connectivity index (χ0v) is 21.9. The van der Waals surface area contributed by atoms with E-state index in [1.54, 1.807) is 0 Å². The molecule has 4 rings (SSSR count). The molecule has 8 nitrogen and oxygen atoms in total. The number of halogens is 3. The van der Waals surface area contributed by atoms with Crippen LogP contribution in [0.25, 0.3) is 5.69 Å². The molecule has 0 atom stereocenters. The van der Waals surface area contributed by atoms with E-state index in [2.05, 4.69) is 44.2 Å². The Morgan fingerprint density at radius 3 is 2.24 bits per heavy atom. The SMILES string of the molecule is Cc1cc(C)nc(SCc2c(C(=O)Nc3ccc(C(C)C)cc3)nnn2-c2ccc(OC(F)(F)F)cc2)n1. The first-order valence-corrected chi connectivity index (χ1v) is 12.6. The van der Waals surface area contributed by atoms with Crippen LogP contribution in [0.15, 0.2) is 59.8 Å². The third kappa shape index (κ3) is 6.88. The third-order valence-corrected chi connectivity index (χ3v) is 6.29. The van der Waals surface area contributed by atoms with Gasteiger partial charge in [-0.15, -0.1) is 18.3 Å². The number of nitrogens with zero attached hydrogens (tertiary/aromatic N) is 5. The predicted octanol–water partition coefficient (Wildman–Crippen LogP) is 6.24. The molecule has 2 heterocycles. The lowest BCUT2D eigenvalue weighted by Crippen LogP contribution is -2.17. The topological polar surface area (TPSA) is 94.8 Å². The van der Waals surface area contributed by atoms with Gasteiger partial charge in [-0.3, -0.25) is 4.79 Å². The highest BCUT2D eigenvalue weighted by Gasteiger charge is 2.31. The van der Waals surface area contributed by atoms with Gasteiger partial charge in [0.2, 0.25) is 0 Å². The molecular weight excluding hydrogens is 517 g/mol. The number of carbonyl (C=O) groups excluding carboxylic acids is 1. The maximum atomic E-state index is 13.2. The van der Waals surface area contributed by atoms with E-state index in [-0.39, 0.29) is 17.2 Å². The maximum Gasteiger partial charge on any atom is 0.573 e. The smallest absolute Gasteiger partial charge is 0.406 e. The second kappa shape index (κ2) is 11.2. The van der Waals surface area contributed by atoms with Crippen molar-refractivity contribution in [3.05, 3.63) is 82.9 Å². The first-order chi connectivity index (χ1) is 18.0. The largest absolute Gasteiger partial charge is 0.573 e. The number of aromatic nitrogens is 5. The Labute approximate surface area is 221 Å². The van der Waals surface area contributed by atoms with E-state index in [1.807, 2.05) is 44.2 Å². The second-order valence-corrected chi connectivity index (χ2v) is 9.73. The first kappa shape index (κ1) is 27.1. The molecule has 12 heteroatoms. The van der Waals surface area contributed by atoms with Crippen molar-refractivity contribution >= 4 is 23.4 Å². The van der Waals surface area contributed by atoms with Crippen LogP contribution in [0.2, 0.25) is 0 Å². The number of aryl methyl sites for hydroxylation is 2. The maximum absolute atomic E-state index is 13.2. The van der Waals surface area contributed by atoms with Crippen molar-refractivity contribution in [1.29, 1.82) is 0 Å². The molecule has 2 aromatic heterocycles. The molecule has 0 aliphatic carbocycles. The number of carbonyl (C=O) groups is 1. The number of ether oxygens (including phenoxy) is 1. The van der Waals surface area contributed by atoms with Gasteiger partial charge in [-0.2, -0.15) is 0 Å². The molecule has 0 unspecified atom stereocenters. The number of alkyl halides is 3. The molecule has 0 spiro atoms. The van der Waals surface area contributed by atoms with Crippen molar-refractivity contribution in [3.8, 4) is 11.4 Å². The van der Waals surface area contributed by atoms with Gasteiger partial charge in [0.1, 0.15) is 5.75 Å². The molecule has 198 valence electrons. The van der Waals surface area contributed by atoms with Crippen molar-refractivity contribution in [2.75, 3.05) is 5.32 Å². The lowest BCUT2D eigenvalue weighted by atomic mass is 10.0. The summed E-state index contributed by atoms with van der Waals surface area (Å²) in [7, 11) is 0. The minimum atomic E-state index is -4.80. The molecule has 38 heavy (non-hydrogen) atoms. The number of hydrogen-bond acceptors (Lipinski definition) is 7. The molecule has 0 saturated heterocycles. The van der Waals surface area contributed by atoms with Crippen LogP contribution in [-0.4, -0.2) is 37.2 Å². The second-order valence-electron chi connectivity index (χ2n) is 8.79. The Hall–Kier alpha value is -3.93. The van der Waals surface area contributed by atoms with Crippen LogP contribution in [0.5, 0.6) is 5.75 Å². The van der Waals surface area contributed by atoms with Crippen LogP contribution in [0, 0.1) is 13.8 Å². The van der Waals surface area contributed by atoms with Gasteiger partial charge in [-0.05, 0) is 67.8 Å². The fraction of sp³-hybridized carbons (Fsp3) is 0.269. The third-order valence-electron chi connectivity index (χ3n) is 5.43. The van der Waals surface area contributed by atoms with Crippen LogP contribution in [0.4, 0.5) is 18.9 Å². The number of hydrogen-bond donors (Lipinski definition) is 1. The molecule has 4 aromatic rings. The lowest BCUT2D eigenvalue weighted by molar-refractivity contribution is -0.274. The van der Waals surface area contributed by atoms with Gasteiger partial charge in [0, 0.05) is 22.8 Å². The molecular formula is C26H25F3N6O2S. The van der Waals surface area contributed by atoms with Crippen LogP contribution in [0.1, 0.15) is 52.9 Å². The molecule has 1 N–H and O–H groups in total. The lowest BCUT2D eigenvalue weighted by Gasteiger charge is -2.11. The van der Waals surface area contributed by atoms with E-state index in [0.717, 1.165) is 17.0 Å². The molecule has 2 aromatic carbocycles. The molecule has 0 aliphatic heterocycles. The van der Waals surface area contributed by atoms with Gasteiger partial charge in [-0.25, -0.2) is 14.6 Å². The van der Waals surface area contributed by atoms with Crippen LogP contribution in [0.3, 0.4) is 0 Å². The number of amides is 1. The van der Waals surface area contributed by atoms with Crippen LogP contribution < -0.4 is 10.1 Å². The van der Waals surface area contributed by atoms with E-state index in [1.165, 1.54) is 40.7 Å². The van der Waals surface area contributed by atoms with E-state index in [9.17, 15) is 18.0 Å². The highest BCUT2D eigenvalue weighted by molar-refractivity contribution is 7.98. The summed E-state index contributed by atoms with van der Waals surface area (Å²) in [5, 5.41) is 11.6. The standard InChI is InChI=1S/C26H25F3N6O2S/c1-15(2)18-5-7-19(8-6-18)32-24(36)23-22(14-38-25-30-16(3)13-17(4)31-25)35(34-33-23)20-9-11-21(12-10-20)37-26(27,28)29/h5-13,15H,14H2,1-4H3,(H,32,36). The summed E-state index contributed by atoms with van der Waals surface area (Å²) in [4.78, 5) is 22.1. The Kier molecular flexibility index (Phi) is 8.00. The summed E-state index contributed by atoms with van der Waals surface area (Å²) < 4.78 is 43.1. The van der Waals surface area contributed by atoms with Crippen molar-refractivity contribution in [2.24, 2.45) is 0 Å². The van der Waals surface area contributed by atoms with Gasteiger partial charge in [0.15, 0.2) is 10.9 Å². The van der Waals surface area contributed by atoms with Crippen LogP contribution in [-0.2, 0) is 5.75 Å². The monoisotopic (exact) mass is 542 g/mol. The number of benzene rings is 2. The molecule has 0 radical (unpaired) electrons. The molecule has 0 saturated carbocycles. The summed E-state index contributed by atoms with van der Waals surface area (Å²) in [6, 6.07) is 14.5. The Bertz CT molecular complexity index is 1400. The Morgan fingerprint density at radius 2 is 1.66 bits per heavy atom. The summed E-state index contributed by atoms with van der Waals surface area (Å²) in [6.07, 6.45) is -4.80. The number of anilines is 1. The molecule has 0 aliphatic rings. The van der Waals surface area contributed by atoms with E-state index in [0.29, 0.717) is 28.1 Å². The number of nitrogens with one attached hydrogen (secondary N) is 1. The van der Waals surface area contributed by atoms with Gasteiger partial charge < -0.3 is 10.1 Å². The van der Waals surface area contributed by atoms with E-state index in [4.69, 9.17) is 0 Å². The van der Waals surface area contributed by atoms with E-state index < -0.39 is 12.3 Å². The van der Waals surface area contributed by atoms with Gasteiger partial charge in [0.25, 0.3) is 5.91 Å². The number of rotatable bonds is 8. The van der Waals surface area contributed by atoms with Gasteiger partial charge >= 0.3 is 6.36 Å². The average molecular weight is 543 g/mol. The summed E-state index contributed by atoms with van der Waals surface area (Å²) in [5.41, 5.74) is 4.24. The normalized spacial score (nSPS) is 11.6.